The van der Waals surface area contributed by atoms with Crippen LogP contribution in [-0.2, 0) is 20.7 Å². The van der Waals surface area contributed by atoms with Crippen molar-refractivity contribution >= 4 is 11.9 Å². The first-order chi connectivity index (χ1) is 8.93. The number of carbonyl (C=O) groups excluding carboxylic acids is 2. The first kappa shape index (κ1) is 15.2. The Labute approximate surface area is 112 Å². The van der Waals surface area contributed by atoms with Crippen molar-refractivity contribution in [3.05, 3.63) is 34.9 Å². The van der Waals surface area contributed by atoms with Gasteiger partial charge in [0.2, 0.25) is 5.91 Å². The second kappa shape index (κ2) is 6.89. The minimum absolute atomic E-state index is 0.142. The van der Waals surface area contributed by atoms with Crippen molar-refractivity contribution < 1.29 is 19.4 Å². The number of carbonyl (C=O) groups is 2. The lowest BCUT2D eigenvalue weighted by Crippen LogP contribution is -2.37. The van der Waals surface area contributed by atoms with Gasteiger partial charge >= 0.3 is 5.97 Å². The summed E-state index contributed by atoms with van der Waals surface area (Å²) < 4.78 is 4.36. The lowest BCUT2D eigenvalue weighted by molar-refractivity contribution is -0.150. The molecule has 1 aromatic carbocycles. The maximum atomic E-state index is 11.7. The van der Waals surface area contributed by atoms with Crippen LogP contribution in [0.25, 0.3) is 0 Å². The summed E-state index contributed by atoms with van der Waals surface area (Å²) >= 11 is 0. The van der Waals surface area contributed by atoms with Gasteiger partial charge in [0.15, 0.2) is 6.10 Å². The molecule has 1 amide bonds. The van der Waals surface area contributed by atoms with Gasteiger partial charge in [-0.3, -0.25) is 4.79 Å². The monoisotopic (exact) mass is 265 g/mol. The van der Waals surface area contributed by atoms with Crippen LogP contribution in [0.5, 0.6) is 0 Å². The van der Waals surface area contributed by atoms with Gasteiger partial charge in [-0.2, -0.15) is 0 Å². The first-order valence-corrected chi connectivity index (χ1v) is 6.02. The highest BCUT2D eigenvalue weighted by Crippen LogP contribution is 2.11. The van der Waals surface area contributed by atoms with Gasteiger partial charge in [-0.05, 0) is 25.0 Å². The summed E-state index contributed by atoms with van der Waals surface area (Å²) in [6, 6.07) is 5.89. The van der Waals surface area contributed by atoms with Gasteiger partial charge in [-0.1, -0.05) is 23.8 Å². The Morgan fingerprint density at radius 2 is 2.05 bits per heavy atom. The lowest BCUT2D eigenvalue weighted by atomic mass is 10.0. The summed E-state index contributed by atoms with van der Waals surface area (Å²) in [5.41, 5.74) is 3.06. The summed E-state index contributed by atoms with van der Waals surface area (Å²) in [5.74, 6) is -0.997. The van der Waals surface area contributed by atoms with Crippen LogP contribution in [0, 0.1) is 13.8 Å². The normalized spacial score (nSPS) is 11.8. The summed E-state index contributed by atoms with van der Waals surface area (Å²) in [6.45, 7) is 3.75. The molecule has 5 nitrogen and oxygen atoms in total. The third-order valence-corrected chi connectivity index (χ3v) is 2.82. The summed E-state index contributed by atoms with van der Waals surface area (Å²) in [6.07, 6.45) is -1.10. The summed E-state index contributed by atoms with van der Waals surface area (Å²) in [7, 11) is 1.18. The van der Waals surface area contributed by atoms with Crippen molar-refractivity contribution in [1.29, 1.82) is 0 Å². The second-order valence-corrected chi connectivity index (χ2v) is 4.45. The predicted molar refractivity (Wildman–Crippen MR) is 70.7 cm³/mol. The average Bonchev–Trinajstić information content (AvgIpc) is 2.39. The first-order valence-electron chi connectivity index (χ1n) is 6.02. The molecular formula is C14H19NO4. The molecule has 5 heteroatoms. The molecule has 2 N–H and O–H groups in total. The Hall–Kier alpha value is -1.88. The fraction of sp³-hybridized carbons (Fsp3) is 0.429. The van der Waals surface area contributed by atoms with E-state index in [0.29, 0.717) is 0 Å². The third-order valence-electron chi connectivity index (χ3n) is 2.82. The van der Waals surface area contributed by atoms with E-state index in [1.807, 2.05) is 32.0 Å². The Bertz CT molecular complexity index is 471. The molecule has 19 heavy (non-hydrogen) atoms. The molecule has 0 aromatic heterocycles. The number of aryl methyl sites for hydroxylation is 2. The second-order valence-electron chi connectivity index (χ2n) is 4.45. The quantitative estimate of drug-likeness (QED) is 0.760. The molecule has 1 aromatic rings. The number of hydrogen-bond donors (Lipinski definition) is 2. The van der Waals surface area contributed by atoms with Crippen molar-refractivity contribution in [2.24, 2.45) is 0 Å². The molecule has 0 aliphatic heterocycles. The van der Waals surface area contributed by atoms with Crippen molar-refractivity contribution in [2.75, 3.05) is 13.7 Å². The number of amides is 1. The van der Waals surface area contributed by atoms with Crippen LogP contribution >= 0.6 is 0 Å². The van der Waals surface area contributed by atoms with Crippen LogP contribution in [0.2, 0.25) is 0 Å². The fourth-order valence-electron chi connectivity index (χ4n) is 1.66. The molecule has 0 spiro atoms. The highest BCUT2D eigenvalue weighted by Gasteiger charge is 2.16. The Balaban J connectivity index is 2.52. The van der Waals surface area contributed by atoms with E-state index in [0.717, 1.165) is 16.7 Å². The van der Waals surface area contributed by atoms with Crippen LogP contribution in [0.15, 0.2) is 18.2 Å². The van der Waals surface area contributed by atoms with E-state index in [2.05, 4.69) is 10.1 Å². The zero-order valence-corrected chi connectivity index (χ0v) is 11.4. The van der Waals surface area contributed by atoms with E-state index in [1.54, 1.807) is 0 Å². The minimum atomic E-state index is -1.33. The van der Waals surface area contributed by atoms with Gasteiger partial charge in [0, 0.05) is 0 Å². The fourth-order valence-corrected chi connectivity index (χ4v) is 1.66. The molecule has 0 aliphatic rings. The van der Waals surface area contributed by atoms with Gasteiger partial charge in [0.05, 0.1) is 20.1 Å². The number of rotatable bonds is 5. The van der Waals surface area contributed by atoms with Gasteiger partial charge in [0.25, 0.3) is 0 Å². The molecule has 0 radical (unpaired) electrons. The number of hydrogen-bond acceptors (Lipinski definition) is 4. The third kappa shape index (κ3) is 4.71. The molecular weight excluding hydrogens is 246 g/mol. The molecule has 0 saturated carbocycles. The van der Waals surface area contributed by atoms with E-state index < -0.39 is 12.1 Å². The molecule has 0 fully saturated rings. The van der Waals surface area contributed by atoms with Gasteiger partial charge in [-0.15, -0.1) is 0 Å². The number of methoxy groups -OCH3 is 1. The van der Waals surface area contributed by atoms with Crippen molar-refractivity contribution in [2.45, 2.75) is 26.4 Å². The van der Waals surface area contributed by atoms with Gasteiger partial charge < -0.3 is 15.2 Å². The van der Waals surface area contributed by atoms with Crippen molar-refractivity contribution in [3.63, 3.8) is 0 Å². The smallest absolute Gasteiger partial charge is 0.336 e. The maximum absolute atomic E-state index is 11.7. The highest BCUT2D eigenvalue weighted by atomic mass is 16.5. The average molecular weight is 265 g/mol. The Morgan fingerprint density at radius 3 is 2.68 bits per heavy atom. The molecule has 0 bridgehead atoms. The number of aliphatic hydroxyl groups is 1. The topological polar surface area (TPSA) is 75.6 Å². The minimum Gasteiger partial charge on any atom is -0.467 e. The number of ether oxygens (including phenoxy) is 1. The van der Waals surface area contributed by atoms with Crippen molar-refractivity contribution in [3.8, 4) is 0 Å². The molecule has 1 atom stereocenters. The highest BCUT2D eigenvalue weighted by molar-refractivity contribution is 5.80. The van der Waals surface area contributed by atoms with Crippen LogP contribution in [0.4, 0.5) is 0 Å². The molecule has 0 heterocycles. The SMILES string of the molecule is COC(=O)C(O)CNC(=O)Cc1cc(C)ccc1C. The van der Waals surface area contributed by atoms with Gasteiger partial charge in [-0.25, -0.2) is 4.79 Å². The Morgan fingerprint density at radius 1 is 1.37 bits per heavy atom. The number of benzene rings is 1. The number of nitrogens with one attached hydrogen (secondary N) is 1. The number of esters is 1. The maximum Gasteiger partial charge on any atom is 0.336 e. The molecule has 104 valence electrons. The van der Waals surface area contributed by atoms with Crippen LogP contribution in [-0.4, -0.2) is 36.7 Å². The van der Waals surface area contributed by atoms with Gasteiger partial charge in [0.1, 0.15) is 0 Å². The van der Waals surface area contributed by atoms with Crippen LogP contribution in [0.1, 0.15) is 16.7 Å². The van der Waals surface area contributed by atoms with Crippen LogP contribution in [0.3, 0.4) is 0 Å². The predicted octanol–water partition coefficient (Wildman–Crippen LogP) is 0.496. The molecule has 0 saturated heterocycles. The summed E-state index contributed by atoms with van der Waals surface area (Å²) in [5, 5.41) is 11.8. The summed E-state index contributed by atoms with van der Waals surface area (Å²) in [4.78, 5) is 22.7. The van der Waals surface area contributed by atoms with Crippen LogP contribution < -0.4 is 5.32 Å². The molecule has 1 rings (SSSR count). The van der Waals surface area contributed by atoms with E-state index >= 15 is 0 Å². The molecule has 0 aliphatic carbocycles. The number of aliphatic hydroxyl groups excluding tert-OH is 1. The lowest BCUT2D eigenvalue weighted by Gasteiger charge is -2.11. The van der Waals surface area contributed by atoms with E-state index in [4.69, 9.17) is 0 Å². The zero-order valence-electron chi connectivity index (χ0n) is 11.4. The van der Waals surface area contributed by atoms with E-state index in [-0.39, 0.29) is 18.9 Å². The standard InChI is InChI=1S/C14H19NO4/c1-9-4-5-10(2)11(6-9)7-13(17)15-8-12(16)14(18)19-3/h4-6,12,16H,7-8H2,1-3H3,(H,15,17). The molecule has 1 unspecified atom stereocenters. The zero-order chi connectivity index (χ0) is 14.4. The van der Waals surface area contributed by atoms with E-state index in [9.17, 15) is 14.7 Å². The largest absolute Gasteiger partial charge is 0.467 e. The Kier molecular flexibility index (Phi) is 5.51. The van der Waals surface area contributed by atoms with Crippen molar-refractivity contribution in [1.82, 2.24) is 5.32 Å². The van der Waals surface area contributed by atoms with E-state index in [1.165, 1.54) is 7.11 Å².